The zero-order valence-electron chi connectivity index (χ0n) is 13.0. The largest absolute Gasteiger partial charge is 0.469 e. The fourth-order valence-electron chi connectivity index (χ4n) is 2.27. The smallest absolute Gasteiger partial charge is 0.306 e. The van der Waals surface area contributed by atoms with Gasteiger partial charge in [0.05, 0.1) is 13.5 Å². The summed E-state index contributed by atoms with van der Waals surface area (Å²) >= 11 is 0. The van der Waals surface area contributed by atoms with E-state index in [9.17, 15) is 4.79 Å². The fourth-order valence-corrected chi connectivity index (χ4v) is 2.27. The number of aryl methyl sites for hydroxylation is 2. The normalized spacial score (nSPS) is 10.9. The van der Waals surface area contributed by atoms with Crippen LogP contribution >= 0.6 is 0 Å². The van der Waals surface area contributed by atoms with Crippen LogP contribution in [-0.4, -0.2) is 31.6 Å². The highest BCUT2D eigenvalue weighted by Gasteiger charge is 2.11. The Hall–Kier alpha value is -1.35. The number of methoxy groups -OCH3 is 1. The molecule has 0 radical (unpaired) electrons. The van der Waals surface area contributed by atoms with Crippen molar-refractivity contribution in [1.29, 1.82) is 0 Å². The molecular formula is C16H25NO2. The summed E-state index contributed by atoms with van der Waals surface area (Å²) in [5, 5.41) is 0. The molecule has 1 aromatic carbocycles. The average Bonchev–Trinajstić information content (AvgIpc) is 2.38. The van der Waals surface area contributed by atoms with Gasteiger partial charge in [0, 0.05) is 13.1 Å². The summed E-state index contributed by atoms with van der Waals surface area (Å²) in [4.78, 5) is 13.3. The third-order valence-corrected chi connectivity index (χ3v) is 3.87. The molecule has 0 saturated carbocycles. The summed E-state index contributed by atoms with van der Waals surface area (Å²) in [6, 6.07) is 2.24. The minimum atomic E-state index is -0.152. The van der Waals surface area contributed by atoms with E-state index in [0.29, 0.717) is 6.42 Å². The molecule has 0 atom stereocenters. The predicted octanol–water partition coefficient (Wildman–Crippen LogP) is 2.92. The van der Waals surface area contributed by atoms with Gasteiger partial charge in [-0.05, 0) is 62.6 Å². The Balaban J connectivity index is 2.79. The second kappa shape index (κ2) is 6.71. The van der Waals surface area contributed by atoms with Crippen molar-refractivity contribution in [2.45, 2.75) is 40.7 Å². The SMILES string of the molecule is COC(=O)CCN(C)Cc1c(C)c(C)cc(C)c1C. The van der Waals surface area contributed by atoms with Gasteiger partial charge in [0.1, 0.15) is 0 Å². The first-order chi connectivity index (χ1) is 8.86. The van der Waals surface area contributed by atoms with Gasteiger partial charge in [-0.15, -0.1) is 0 Å². The van der Waals surface area contributed by atoms with E-state index in [2.05, 4.69) is 43.4 Å². The molecule has 0 unspecified atom stereocenters. The van der Waals surface area contributed by atoms with Crippen molar-refractivity contribution in [1.82, 2.24) is 4.90 Å². The van der Waals surface area contributed by atoms with Gasteiger partial charge in [-0.25, -0.2) is 0 Å². The highest BCUT2D eigenvalue weighted by molar-refractivity contribution is 5.69. The molecule has 0 saturated heterocycles. The molecule has 0 aromatic heterocycles. The molecule has 0 aliphatic rings. The molecule has 1 rings (SSSR count). The monoisotopic (exact) mass is 263 g/mol. The lowest BCUT2D eigenvalue weighted by Gasteiger charge is -2.21. The van der Waals surface area contributed by atoms with Gasteiger partial charge in [-0.1, -0.05) is 6.07 Å². The maximum absolute atomic E-state index is 11.2. The van der Waals surface area contributed by atoms with Crippen LogP contribution in [0.2, 0.25) is 0 Å². The van der Waals surface area contributed by atoms with Crippen molar-refractivity contribution in [3.8, 4) is 0 Å². The van der Waals surface area contributed by atoms with E-state index in [4.69, 9.17) is 0 Å². The third kappa shape index (κ3) is 4.06. The summed E-state index contributed by atoms with van der Waals surface area (Å²) in [6.07, 6.45) is 0.440. The Bertz CT molecular complexity index is 440. The van der Waals surface area contributed by atoms with Gasteiger partial charge in [0.25, 0.3) is 0 Å². The van der Waals surface area contributed by atoms with E-state index < -0.39 is 0 Å². The van der Waals surface area contributed by atoms with E-state index in [1.165, 1.54) is 34.9 Å². The molecule has 0 N–H and O–H groups in total. The number of esters is 1. The zero-order valence-corrected chi connectivity index (χ0v) is 13.0. The Labute approximate surface area is 116 Å². The molecule has 106 valence electrons. The van der Waals surface area contributed by atoms with Gasteiger partial charge < -0.3 is 9.64 Å². The number of hydrogen-bond acceptors (Lipinski definition) is 3. The summed E-state index contributed by atoms with van der Waals surface area (Å²) in [5.74, 6) is -0.152. The number of ether oxygens (including phenoxy) is 1. The van der Waals surface area contributed by atoms with Gasteiger partial charge in [-0.3, -0.25) is 4.79 Å². The molecule has 19 heavy (non-hydrogen) atoms. The fraction of sp³-hybridized carbons (Fsp3) is 0.562. The van der Waals surface area contributed by atoms with Gasteiger partial charge in [0.2, 0.25) is 0 Å². The Morgan fingerprint density at radius 3 is 2.16 bits per heavy atom. The van der Waals surface area contributed by atoms with Crippen LogP contribution in [0.3, 0.4) is 0 Å². The highest BCUT2D eigenvalue weighted by atomic mass is 16.5. The van der Waals surface area contributed by atoms with Crippen LogP contribution in [-0.2, 0) is 16.1 Å². The maximum Gasteiger partial charge on any atom is 0.306 e. The van der Waals surface area contributed by atoms with E-state index in [1.54, 1.807) is 0 Å². The number of carbonyl (C=O) groups is 1. The Morgan fingerprint density at radius 1 is 1.16 bits per heavy atom. The summed E-state index contributed by atoms with van der Waals surface area (Å²) < 4.78 is 4.67. The van der Waals surface area contributed by atoms with Crippen LogP contribution in [0.4, 0.5) is 0 Å². The quantitative estimate of drug-likeness (QED) is 0.765. The summed E-state index contributed by atoms with van der Waals surface area (Å²) in [5.41, 5.74) is 6.75. The molecule has 0 bridgehead atoms. The molecule has 3 nitrogen and oxygen atoms in total. The maximum atomic E-state index is 11.2. The number of benzene rings is 1. The zero-order chi connectivity index (χ0) is 14.6. The van der Waals surface area contributed by atoms with Crippen LogP contribution < -0.4 is 0 Å². The Morgan fingerprint density at radius 2 is 1.68 bits per heavy atom. The van der Waals surface area contributed by atoms with Crippen molar-refractivity contribution >= 4 is 5.97 Å². The molecule has 0 heterocycles. The van der Waals surface area contributed by atoms with Crippen LogP contribution in [0, 0.1) is 27.7 Å². The van der Waals surface area contributed by atoms with E-state index in [-0.39, 0.29) is 5.97 Å². The summed E-state index contributed by atoms with van der Waals surface area (Å²) in [6.45, 7) is 10.2. The third-order valence-electron chi connectivity index (χ3n) is 3.87. The number of nitrogens with zero attached hydrogens (tertiary/aromatic N) is 1. The van der Waals surface area contributed by atoms with Crippen molar-refractivity contribution in [3.05, 3.63) is 33.9 Å². The minimum Gasteiger partial charge on any atom is -0.469 e. The van der Waals surface area contributed by atoms with E-state index in [1.807, 2.05) is 7.05 Å². The topological polar surface area (TPSA) is 29.5 Å². The van der Waals surface area contributed by atoms with Gasteiger partial charge in [0.15, 0.2) is 0 Å². The lowest BCUT2D eigenvalue weighted by Crippen LogP contribution is -2.23. The van der Waals surface area contributed by atoms with E-state index in [0.717, 1.165) is 13.1 Å². The van der Waals surface area contributed by atoms with Crippen LogP contribution in [0.1, 0.15) is 34.2 Å². The first-order valence-electron chi connectivity index (χ1n) is 6.68. The average molecular weight is 263 g/mol. The van der Waals surface area contributed by atoms with E-state index >= 15 is 0 Å². The first kappa shape index (κ1) is 15.7. The Kier molecular flexibility index (Phi) is 5.55. The number of carbonyl (C=O) groups excluding carboxylic acids is 1. The van der Waals surface area contributed by atoms with Gasteiger partial charge in [-0.2, -0.15) is 0 Å². The van der Waals surface area contributed by atoms with Crippen LogP contribution in [0.25, 0.3) is 0 Å². The second-order valence-corrected chi connectivity index (χ2v) is 5.30. The molecule has 1 aromatic rings. The molecule has 0 aliphatic carbocycles. The standard InChI is InChI=1S/C16H25NO2/c1-11-9-12(2)14(4)15(13(11)3)10-17(5)8-7-16(18)19-6/h9H,7-8,10H2,1-6H3. The van der Waals surface area contributed by atoms with Crippen molar-refractivity contribution in [2.75, 3.05) is 20.7 Å². The van der Waals surface area contributed by atoms with Crippen LogP contribution in [0.5, 0.6) is 0 Å². The van der Waals surface area contributed by atoms with Crippen molar-refractivity contribution in [2.24, 2.45) is 0 Å². The molecule has 0 aliphatic heterocycles. The lowest BCUT2D eigenvalue weighted by atomic mass is 9.94. The lowest BCUT2D eigenvalue weighted by molar-refractivity contribution is -0.140. The first-order valence-corrected chi connectivity index (χ1v) is 6.68. The van der Waals surface area contributed by atoms with Crippen LogP contribution in [0.15, 0.2) is 6.07 Å². The minimum absolute atomic E-state index is 0.152. The summed E-state index contributed by atoms with van der Waals surface area (Å²) in [7, 11) is 3.47. The molecule has 0 fully saturated rings. The van der Waals surface area contributed by atoms with Crippen molar-refractivity contribution in [3.63, 3.8) is 0 Å². The molecule has 0 amide bonds. The van der Waals surface area contributed by atoms with Gasteiger partial charge >= 0.3 is 5.97 Å². The molecular weight excluding hydrogens is 238 g/mol. The molecule has 0 spiro atoms. The second-order valence-electron chi connectivity index (χ2n) is 5.30. The number of hydrogen-bond donors (Lipinski definition) is 0. The highest BCUT2D eigenvalue weighted by Crippen LogP contribution is 2.22. The predicted molar refractivity (Wildman–Crippen MR) is 78.4 cm³/mol. The molecule has 3 heteroatoms. The van der Waals surface area contributed by atoms with Crippen molar-refractivity contribution < 1.29 is 9.53 Å². The number of rotatable bonds is 5.